The molecule has 2 unspecified atom stereocenters. The number of fused-ring (bicyclic) bond motifs is 2. The number of aliphatic imine (C=N–C) groups is 1. The normalized spacial score (nSPS) is 17.1. The Balaban J connectivity index is 0.000000181. The van der Waals surface area contributed by atoms with Crippen molar-refractivity contribution >= 4 is 92.9 Å². The van der Waals surface area contributed by atoms with Crippen molar-refractivity contribution in [1.29, 1.82) is 0 Å². The lowest BCUT2D eigenvalue weighted by Crippen LogP contribution is -2.57. The highest BCUT2D eigenvalue weighted by Crippen LogP contribution is 2.31. The number of rotatable bonds is 7. The van der Waals surface area contributed by atoms with E-state index in [1.165, 1.54) is 23.6 Å². The first-order valence-electron chi connectivity index (χ1n) is 15.3. The summed E-state index contributed by atoms with van der Waals surface area (Å²) < 4.78 is 31.4. The van der Waals surface area contributed by atoms with Crippen LogP contribution < -0.4 is 11.2 Å². The number of aromatic nitrogens is 4. The molecule has 19 heteroatoms. The molecule has 1 fully saturated rings. The highest BCUT2D eigenvalue weighted by Gasteiger charge is 2.46. The Hall–Kier alpha value is -3.35. The van der Waals surface area contributed by atoms with Gasteiger partial charge in [0, 0.05) is 51.2 Å². The summed E-state index contributed by atoms with van der Waals surface area (Å²) in [5, 5.41) is 1.35. The van der Waals surface area contributed by atoms with E-state index in [0.29, 0.717) is 51.8 Å². The van der Waals surface area contributed by atoms with Crippen molar-refractivity contribution in [2.24, 2.45) is 25.0 Å². The van der Waals surface area contributed by atoms with Crippen LogP contribution in [0.4, 0.5) is 4.79 Å². The number of halogens is 4. The third kappa shape index (κ3) is 9.96. The van der Waals surface area contributed by atoms with Gasteiger partial charge in [-0.15, -0.1) is 0 Å². The van der Waals surface area contributed by atoms with Gasteiger partial charge in [0.15, 0.2) is 15.9 Å². The third-order valence-corrected chi connectivity index (χ3v) is 10.3. The lowest BCUT2D eigenvalue weighted by molar-refractivity contribution is -0.136. The Kier molecular flexibility index (Phi) is 13.5. The van der Waals surface area contributed by atoms with Crippen molar-refractivity contribution < 1.29 is 22.2 Å². The van der Waals surface area contributed by atoms with Crippen LogP contribution in [0, 0.1) is 5.92 Å². The van der Waals surface area contributed by atoms with Crippen LogP contribution in [0.3, 0.4) is 0 Å². The van der Waals surface area contributed by atoms with Crippen molar-refractivity contribution in [2.45, 2.75) is 32.0 Å². The van der Waals surface area contributed by atoms with Crippen molar-refractivity contribution in [2.75, 3.05) is 27.0 Å². The molecule has 4 aromatic rings. The Labute approximate surface area is 321 Å². The topological polar surface area (TPSA) is 158 Å². The number of hydrogen-bond donors (Lipinski definition) is 0. The molecule has 0 N–H and O–H groups in total. The first kappa shape index (κ1) is 40.4. The Morgan fingerprint density at radius 2 is 1.41 bits per heavy atom. The first-order valence-corrected chi connectivity index (χ1v) is 19.5. The van der Waals surface area contributed by atoms with Gasteiger partial charge in [0.25, 0.3) is 15.7 Å². The number of benzene rings is 2. The van der Waals surface area contributed by atoms with Crippen LogP contribution in [-0.4, -0.2) is 86.6 Å². The molecule has 6 rings (SSSR count). The number of amides is 3. The number of hydrogen-bond acceptors (Lipinski definition) is 9. The second kappa shape index (κ2) is 17.0. The average molecular weight is 892 g/mol. The van der Waals surface area contributed by atoms with E-state index in [1.54, 1.807) is 30.8 Å². The van der Waals surface area contributed by atoms with Gasteiger partial charge in [0.2, 0.25) is 5.91 Å². The number of imide groups is 1. The molecule has 0 spiro atoms. The summed E-state index contributed by atoms with van der Waals surface area (Å²) in [5.41, 5.74) is 2.15. The van der Waals surface area contributed by atoms with E-state index >= 15 is 0 Å². The number of urea groups is 1. The van der Waals surface area contributed by atoms with Crippen LogP contribution in [0.5, 0.6) is 0 Å². The van der Waals surface area contributed by atoms with E-state index in [2.05, 4.69) is 46.0 Å². The lowest BCUT2D eigenvalue weighted by Gasteiger charge is -2.36. The average Bonchev–Trinajstić information content (AvgIpc) is 3.64. The molecule has 4 heterocycles. The minimum atomic E-state index is -3.33. The summed E-state index contributed by atoms with van der Waals surface area (Å²) in [5.74, 6) is -0.353. The van der Waals surface area contributed by atoms with Gasteiger partial charge >= 0.3 is 11.7 Å². The van der Waals surface area contributed by atoms with Gasteiger partial charge in [-0.3, -0.25) is 32.8 Å². The molecule has 14 nitrogen and oxygen atoms in total. The van der Waals surface area contributed by atoms with Gasteiger partial charge in [0.1, 0.15) is 6.17 Å². The minimum absolute atomic E-state index is 0.142. The van der Waals surface area contributed by atoms with E-state index in [0.717, 1.165) is 31.5 Å². The fourth-order valence-electron chi connectivity index (χ4n) is 5.32. The molecule has 0 aliphatic carbocycles. The van der Waals surface area contributed by atoms with Crippen LogP contribution in [-0.2, 0) is 52.6 Å². The van der Waals surface area contributed by atoms with Crippen LogP contribution >= 0.6 is 55.1 Å². The standard InChI is InChI=1S/C15H14BrClN4O2.C9H11ClO3S.C8H10BrN3O2/c1-19-12-11(13(22)20(2)15(19)23)21(14(16)18-12)8-7-9-3-5-10(17)6-4-9;1-14(11,12)13-7-6-8-2-4-9(10)5-3-8;1-11-6-4(3-5(9)10-6)7(13)12(2)8(11)14/h3-6H,7-8H2,1-2H3;2-5H,6-7H2,1H3;4,6H,3H2,1-2H3. The fraction of sp³-hybridized carbons (Fsp3) is 0.375. The summed E-state index contributed by atoms with van der Waals surface area (Å²) in [7, 11) is 2.91. The highest BCUT2D eigenvalue weighted by atomic mass is 79.9. The van der Waals surface area contributed by atoms with Crippen molar-refractivity contribution in [3.63, 3.8) is 0 Å². The van der Waals surface area contributed by atoms with E-state index in [1.807, 2.05) is 36.4 Å². The molecule has 51 heavy (non-hydrogen) atoms. The van der Waals surface area contributed by atoms with Gasteiger partial charge in [0.05, 0.1) is 23.4 Å². The number of aryl methyl sites for hydroxylation is 3. The van der Waals surface area contributed by atoms with Gasteiger partial charge in [-0.25, -0.2) is 14.6 Å². The molecule has 0 radical (unpaired) electrons. The fourth-order valence-corrected chi connectivity index (χ4v) is 7.03. The SMILES string of the molecule is CN1C(=O)C2CC(Br)=NC2N(C)C1=O.CS(=O)(=O)OCCc1ccc(Cl)cc1.Cn1c(=O)c2c(nc(Br)n2CCc2ccc(Cl)cc2)n(C)c1=O. The maximum Gasteiger partial charge on any atom is 0.332 e. The summed E-state index contributed by atoms with van der Waals surface area (Å²) in [6.45, 7) is 0.729. The Morgan fingerprint density at radius 3 is 1.96 bits per heavy atom. The lowest BCUT2D eigenvalue weighted by atomic mass is 10.0. The molecule has 0 bridgehead atoms. The number of carbonyl (C=O) groups excluding carboxylic acids is 2. The van der Waals surface area contributed by atoms with E-state index in [9.17, 15) is 27.6 Å². The second-order valence-corrected chi connectivity index (χ2v) is 15.9. The van der Waals surface area contributed by atoms with Crippen LogP contribution in [0.15, 0.2) is 67.8 Å². The van der Waals surface area contributed by atoms with Gasteiger partial charge < -0.3 is 9.47 Å². The number of imidazole rings is 1. The number of carbonyl (C=O) groups is 2. The van der Waals surface area contributed by atoms with Gasteiger partial charge in [-0.1, -0.05) is 47.5 Å². The number of nitrogens with zero attached hydrogens (tertiary/aromatic N) is 7. The molecule has 2 atom stereocenters. The molecule has 2 aliphatic heterocycles. The van der Waals surface area contributed by atoms with E-state index in [-0.39, 0.29) is 36.2 Å². The van der Waals surface area contributed by atoms with Gasteiger partial charge in [-0.05, 0) is 80.1 Å². The third-order valence-electron chi connectivity index (χ3n) is 8.09. The minimum Gasteiger partial charge on any atom is -0.312 e. The van der Waals surface area contributed by atoms with Gasteiger partial charge in [-0.2, -0.15) is 8.42 Å². The Morgan fingerprint density at radius 1 is 0.863 bits per heavy atom. The summed E-state index contributed by atoms with van der Waals surface area (Å²) in [6, 6.07) is 14.5. The monoisotopic (exact) mass is 889 g/mol. The van der Waals surface area contributed by atoms with E-state index < -0.39 is 15.8 Å². The predicted octanol–water partition coefficient (Wildman–Crippen LogP) is 4.60. The maximum atomic E-state index is 12.4. The first-order chi connectivity index (χ1) is 23.9. The zero-order valence-electron chi connectivity index (χ0n) is 28.2. The molecular weight excluding hydrogens is 857 g/mol. The molecule has 3 amide bonds. The summed E-state index contributed by atoms with van der Waals surface area (Å²) >= 11 is 18.2. The second-order valence-electron chi connectivity index (χ2n) is 11.7. The van der Waals surface area contributed by atoms with Crippen LogP contribution in [0.2, 0.25) is 10.0 Å². The van der Waals surface area contributed by atoms with E-state index in [4.69, 9.17) is 23.2 Å². The summed E-state index contributed by atoms with van der Waals surface area (Å²) in [4.78, 5) is 58.8. The molecule has 1 saturated heterocycles. The van der Waals surface area contributed by atoms with Crippen molar-refractivity contribution in [3.8, 4) is 0 Å². The maximum absolute atomic E-state index is 12.4. The smallest absolute Gasteiger partial charge is 0.312 e. The quantitative estimate of drug-likeness (QED) is 0.193. The molecule has 0 saturated carbocycles. The zero-order chi connectivity index (χ0) is 37.8. The zero-order valence-corrected chi connectivity index (χ0v) is 33.7. The molecule has 2 aromatic heterocycles. The molecule has 2 aromatic carbocycles. The van der Waals surface area contributed by atoms with Crippen molar-refractivity contribution in [3.05, 3.63) is 95.3 Å². The van der Waals surface area contributed by atoms with Crippen molar-refractivity contribution in [1.82, 2.24) is 28.5 Å². The Bertz CT molecular complexity index is 2190. The largest absolute Gasteiger partial charge is 0.332 e. The van der Waals surface area contributed by atoms with Crippen LogP contribution in [0.1, 0.15) is 17.5 Å². The highest BCUT2D eigenvalue weighted by molar-refractivity contribution is 9.18. The predicted molar refractivity (Wildman–Crippen MR) is 203 cm³/mol. The molecular formula is C32H35Br2Cl2N7O7S. The molecule has 274 valence electrons. The molecule has 2 aliphatic rings. The summed E-state index contributed by atoms with van der Waals surface area (Å²) in [6.07, 6.45) is 2.58. The van der Waals surface area contributed by atoms with Crippen LogP contribution in [0.25, 0.3) is 11.2 Å².